The van der Waals surface area contributed by atoms with Crippen LogP contribution in [0.15, 0.2) is 93.8 Å². The van der Waals surface area contributed by atoms with Gasteiger partial charge in [0.05, 0.1) is 39.5 Å². The molecule has 0 amide bonds. The first-order chi connectivity index (χ1) is 18.3. The molecule has 37 heavy (non-hydrogen) atoms. The minimum Gasteiger partial charge on any atom is -0.454 e. The average molecular weight is 480 g/mol. The van der Waals surface area contributed by atoms with E-state index in [9.17, 15) is 0 Å². The molecule has 0 bridgehead atoms. The molecule has 1 N–H and O–H groups in total. The van der Waals surface area contributed by atoms with Gasteiger partial charge in [-0.3, -0.25) is 0 Å². The van der Waals surface area contributed by atoms with E-state index < -0.39 is 0 Å². The first-order valence-electron chi connectivity index (χ1n) is 12.6. The highest BCUT2D eigenvalue weighted by Gasteiger charge is 2.34. The summed E-state index contributed by atoms with van der Waals surface area (Å²) in [5.74, 6) is 1.77. The number of nitrogens with zero attached hydrogens (tertiary/aromatic N) is 2. The third kappa shape index (κ3) is 2.48. The Morgan fingerprint density at radius 1 is 0.703 bits per heavy atom. The monoisotopic (exact) mass is 479 g/mol. The molecule has 0 saturated carbocycles. The van der Waals surface area contributed by atoms with E-state index in [-0.39, 0.29) is 0 Å². The van der Waals surface area contributed by atoms with E-state index in [1.54, 1.807) is 0 Å². The van der Waals surface area contributed by atoms with E-state index in [0.29, 0.717) is 0 Å². The number of benzene rings is 4. The van der Waals surface area contributed by atoms with Crippen LogP contribution >= 0.6 is 0 Å². The Labute approximate surface area is 212 Å². The van der Waals surface area contributed by atoms with Crippen LogP contribution in [-0.2, 0) is 0 Å². The normalized spacial score (nSPS) is 15.2. The highest BCUT2D eigenvalue weighted by atomic mass is 16.3. The summed E-state index contributed by atoms with van der Waals surface area (Å²) < 4.78 is 12.9. The predicted octanol–water partition coefficient (Wildman–Crippen LogP) is 8.72. The van der Waals surface area contributed by atoms with Crippen molar-refractivity contribution in [2.45, 2.75) is 0 Å². The van der Waals surface area contributed by atoms with Crippen LogP contribution < -0.4 is 15.1 Å². The van der Waals surface area contributed by atoms with Gasteiger partial charge in [0.1, 0.15) is 5.58 Å². The summed E-state index contributed by atoms with van der Waals surface area (Å²) in [7, 11) is 0. The Bertz CT molecular complexity index is 1990. The first kappa shape index (κ1) is 19.3. The molecule has 3 aliphatic rings. The van der Waals surface area contributed by atoms with Gasteiger partial charge in [-0.05, 0) is 59.3 Å². The fourth-order valence-electron chi connectivity index (χ4n) is 6.20. The second-order valence-corrected chi connectivity index (χ2v) is 9.78. The van der Waals surface area contributed by atoms with Crippen molar-refractivity contribution in [3.05, 3.63) is 96.5 Å². The fourth-order valence-corrected chi connectivity index (χ4v) is 6.20. The van der Waals surface area contributed by atoms with Crippen molar-refractivity contribution in [3.8, 4) is 0 Å². The van der Waals surface area contributed by atoms with Crippen molar-refractivity contribution in [2.75, 3.05) is 28.2 Å². The third-order valence-corrected chi connectivity index (χ3v) is 7.77. The molecule has 9 rings (SSSR count). The van der Waals surface area contributed by atoms with E-state index >= 15 is 0 Å². The Hall–Kier alpha value is -4.90. The van der Waals surface area contributed by atoms with E-state index in [0.717, 1.165) is 80.7 Å². The molecular formula is C32H21N3O2. The van der Waals surface area contributed by atoms with Gasteiger partial charge in [-0.15, -0.1) is 0 Å². The molecule has 0 radical (unpaired) electrons. The van der Waals surface area contributed by atoms with Crippen LogP contribution in [0.3, 0.4) is 0 Å². The zero-order chi connectivity index (χ0) is 24.1. The second kappa shape index (κ2) is 6.86. The van der Waals surface area contributed by atoms with Gasteiger partial charge in [0.15, 0.2) is 17.1 Å². The van der Waals surface area contributed by atoms with E-state index in [4.69, 9.17) is 8.83 Å². The summed E-state index contributed by atoms with van der Waals surface area (Å²) >= 11 is 0. The van der Waals surface area contributed by atoms with Gasteiger partial charge >= 0.3 is 0 Å². The number of fused-ring (bicyclic) bond motifs is 6. The second-order valence-electron chi connectivity index (χ2n) is 9.78. The number of rotatable bonds is 1. The van der Waals surface area contributed by atoms with Crippen molar-refractivity contribution < 1.29 is 8.83 Å². The third-order valence-electron chi connectivity index (χ3n) is 7.77. The number of nitrogens with one attached hydrogen (secondary N) is 1. The largest absolute Gasteiger partial charge is 0.454 e. The molecule has 0 unspecified atom stereocenters. The van der Waals surface area contributed by atoms with Crippen LogP contribution in [0.5, 0.6) is 0 Å². The summed E-state index contributed by atoms with van der Waals surface area (Å²) in [5, 5.41) is 8.13. The Morgan fingerprint density at radius 2 is 1.51 bits per heavy atom. The summed E-state index contributed by atoms with van der Waals surface area (Å²) in [4.78, 5) is 4.75. The first-order valence-corrected chi connectivity index (χ1v) is 12.6. The molecule has 0 spiro atoms. The summed E-state index contributed by atoms with van der Waals surface area (Å²) in [6.07, 6.45) is 8.44. The molecule has 4 aromatic carbocycles. The van der Waals surface area contributed by atoms with Gasteiger partial charge < -0.3 is 24.0 Å². The highest BCUT2D eigenvalue weighted by Crippen LogP contribution is 2.56. The van der Waals surface area contributed by atoms with Crippen molar-refractivity contribution in [1.82, 2.24) is 0 Å². The van der Waals surface area contributed by atoms with Crippen molar-refractivity contribution in [1.29, 1.82) is 0 Å². The van der Waals surface area contributed by atoms with Gasteiger partial charge in [-0.25, -0.2) is 0 Å². The molecule has 2 aromatic heterocycles. The maximum Gasteiger partial charge on any atom is 0.160 e. The number of para-hydroxylation sites is 1. The molecule has 0 aliphatic carbocycles. The molecular weight excluding hydrogens is 458 g/mol. The highest BCUT2D eigenvalue weighted by molar-refractivity contribution is 6.16. The Kier molecular flexibility index (Phi) is 3.58. The summed E-state index contributed by atoms with van der Waals surface area (Å²) in [6, 6.07) is 25.9. The van der Waals surface area contributed by atoms with Crippen molar-refractivity contribution in [3.63, 3.8) is 0 Å². The van der Waals surface area contributed by atoms with Crippen LogP contribution in [0, 0.1) is 0 Å². The molecule has 5 heteroatoms. The van der Waals surface area contributed by atoms with Gasteiger partial charge in [0, 0.05) is 18.5 Å². The zero-order valence-corrected chi connectivity index (χ0v) is 19.9. The van der Waals surface area contributed by atoms with E-state index in [1.165, 1.54) is 10.8 Å². The minimum absolute atomic E-state index is 0.781. The standard InChI is InChI=1S/C32H21N3O2/c1-2-8-20-18-25-24(17-19(20)7-1)34-16-6-14-28-31(34)29-22(10-4-12-26(29)36-28)35(25)23-11-3-9-21-30-27(37-32(21)23)13-5-15-33-30/h1-14,17-18,33H,15-16H2. The lowest BCUT2D eigenvalue weighted by Gasteiger charge is -2.30. The molecule has 0 saturated heterocycles. The minimum atomic E-state index is 0.781. The fraction of sp³-hybridized carbons (Fsp3) is 0.0625. The average Bonchev–Trinajstić information content (AvgIpc) is 3.49. The van der Waals surface area contributed by atoms with Gasteiger partial charge in [-0.1, -0.05) is 48.6 Å². The van der Waals surface area contributed by atoms with Gasteiger partial charge in [0.25, 0.3) is 0 Å². The number of furan rings is 2. The Morgan fingerprint density at radius 3 is 2.43 bits per heavy atom. The van der Waals surface area contributed by atoms with Gasteiger partial charge in [0.2, 0.25) is 0 Å². The topological polar surface area (TPSA) is 44.8 Å². The SMILES string of the molecule is C1=Cc2oc3c(N4c5cc6ccccc6cc5N5CC=Cc6oc7cccc4c7c65)cccc3c2NC1. The quantitative estimate of drug-likeness (QED) is 0.255. The zero-order valence-electron chi connectivity index (χ0n) is 19.9. The van der Waals surface area contributed by atoms with Gasteiger partial charge in [-0.2, -0.15) is 0 Å². The molecule has 0 atom stereocenters. The molecule has 176 valence electrons. The maximum absolute atomic E-state index is 6.53. The lowest BCUT2D eigenvalue weighted by atomic mass is 10.1. The molecule has 5 nitrogen and oxygen atoms in total. The maximum atomic E-state index is 6.53. The van der Waals surface area contributed by atoms with E-state index in [1.807, 2.05) is 0 Å². The number of anilines is 6. The predicted molar refractivity (Wildman–Crippen MR) is 152 cm³/mol. The van der Waals surface area contributed by atoms with Crippen molar-refractivity contribution >= 4 is 79.0 Å². The molecule has 6 aromatic rings. The number of hydrogen-bond donors (Lipinski definition) is 1. The van der Waals surface area contributed by atoms with Crippen LogP contribution in [0.2, 0.25) is 0 Å². The number of hydrogen-bond acceptors (Lipinski definition) is 5. The molecule has 5 heterocycles. The summed E-state index contributed by atoms with van der Waals surface area (Å²) in [6.45, 7) is 1.58. The Balaban J connectivity index is 1.45. The summed E-state index contributed by atoms with van der Waals surface area (Å²) in [5.41, 5.74) is 8.30. The van der Waals surface area contributed by atoms with Crippen LogP contribution in [-0.4, -0.2) is 13.1 Å². The molecule has 3 aliphatic heterocycles. The van der Waals surface area contributed by atoms with Crippen LogP contribution in [0.25, 0.3) is 44.9 Å². The smallest absolute Gasteiger partial charge is 0.160 e. The van der Waals surface area contributed by atoms with Crippen LogP contribution in [0.1, 0.15) is 11.5 Å². The lowest BCUT2D eigenvalue weighted by Crippen LogP contribution is -2.20. The lowest BCUT2D eigenvalue weighted by molar-refractivity contribution is 0.602. The van der Waals surface area contributed by atoms with Crippen molar-refractivity contribution in [2.24, 2.45) is 0 Å². The molecule has 0 fully saturated rings. The van der Waals surface area contributed by atoms with Crippen LogP contribution in [0.4, 0.5) is 34.1 Å². The van der Waals surface area contributed by atoms with E-state index in [2.05, 4.69) is 112 Å².